The first-order valence-electron chi connectivity index (χ1n) is 6.85. The van der Waals surface area contributed by atoms with E-state index in [1.165, 1.54) is 26.7 Å². The molecule has 0 fully saturated rings. The molecule has 0 spiro atoms. The normalized spacial score (nSPS) is 13.3. The Kier molecular flexibility index (Phi) is 4.24. The van der Waals surface area contributed by atoms with Crippen molar-refractivity contribution < 1.29 is 8.42 Å². The van der Waals surface area contributed by atoms with Crippen molar-refractivity contribution >= 4 is 21.4 Å². The quantitative estimate of drug-likeness (QED) is 0.705. The first-order chi connectivity index (χ1) is 11.0. The van der Waals surface area contributed by atoms with Crippen molar-refractivity contribution in [2.24, 2.45) is 0 Å². The lowest BCUT2D eigenvalue weighted by atomic mass is 10.3. The molecular weight excluding hydrogens is 334 g/mol. The van der Waals surface area contributed by atoms with Crippen LogP contribution in [-0.2, 0) is 10.0 Å². The summed E-state index contributed by atoms with van der Waals surface area (Å²) in [6, 6.07) is 10.2. The number of rotatable bonds is 5. The Labute approximate surface area is 138 Å². The zero-order valence-corrected chi connectivity index (χ0v) is 14.2. The van der Waals surface area contributed by atoms with Crippen LogP contribution < -0.4 is 0 Å². The van der Waals surface area contributed by atoms with Crippen LogP contribution in [-0.4, -0.2) is 40.0 Å². The highest BCUT2D eigenvalue weighted by Gasteiger charge is 2.27. The average Bonchev–Trinajstić information content (AvgIpc) is 3.26. The number of tetrazole rings is 1. The Bertz CT molecular complexity index is 876. The third-order valence-electron chi connectivity index (χ3n) is 3.61. The van der Waals surface area contributed by atoms with E-state index in [-0.39, 0.29) is 10.9 Å². The number of hydrogen-bond donors (Lipinski definition) is 0. The van der Waals surface area contributed by atoms with E-state index in [9.17, 15) is 8.42 Å². The molecule has 0 N–H and O–H groups in total. The molecule has 3 rings (SSSR count). The summed E-state index contributed by atoms with van der Waals surface area (Å²) in [7, 11) is -2.03. The lowest BCUT2D eigenvalue weighted by Gasteiger charge is -2.23. The van der Waals surface area contributed by atoms with E-state index in [4.69, 9.17) is 0 Å². The molecule has 0 aliphatic rings. The Balaban J connectivity index is 1.95. The van der Waals surface area contributed by atoms with Crippen LogP contribution in [0.15, 0.2) is 53.0 Å². The van der Waals surface area contributed by atoms with Crippen molar-refractivity contribution in [1.82, 2.24) is 24.5 Å². The van der Waals surface area contributed by atoms with Gasteiger partial charge in [0.25, 0.3) is 0 Å². The van der Waals surface area contributed by atoms with E-state index in [1.54, 1.807) is 31.3 Å². The first kappa shape index (κ1) is 15.8. The second-order valence-electron chi connectivity index (χ2n) is 4.96. The highest BCUT2D eigenvalue weighted by atomic mass is 32.2. The van der Waals surface area contributed by atoms with Gasteiger partial charge in [-0.05, 0) is 47.0 Å². The van der Waals surface area contributed by atoms with Gasteiger partial charge >= 0.3 is 0 Å². The van der Waals surface area contributed by atoms with E-state index in [0.717, 1.165) is 4.88 Å². The van der Waals surface area contributed by atoms with E-state index >= 15 is 0 Å². The van der Waals surface area contributed by atoms with Crippen molar-refractivity contribution in [2.75, 3.05) is 7.05 Å². The molecule has 0 aliphatic heterocycles. The smallest absolute Gasteiger partial charge is 0.207 e. The Morgan fingerprint density at radius 2 is 2.09 bits per heavy atom. The van der Waals surface area contributed by atoms with Gasteiger partial charge in [0.1, 0.15) is 6.33 Å². The Morgan fingerprint density at radius 1 is 1.26 bits per heavy atom. The van der Waals surface area contributed by atoms with Gasteiger partial charge in [-0.1, -0.05) is 12.1 Å². The van der Waals surface area contributed by atoms with Gasteiger partial charge < -0.3 is 0 Å². The molecule has 9 heteroatoms. The third kappa shape index (κ3) is 3.03. The molecule has 0 amide bonds. The topological polar surface area (TPSA) is 81.0 Å². The van der Waals surface area contributed by atoms with Gasteiger partial charge in [-0.3, -0.25) is 0 Å². The monoisotopic (exact) mass is 349 g/mol. The first-order valence-corrected chi connectivity index (χ1v) is 9.17. The molecule has 0 unspecified atom stereocenters. The minimum atomic E-state index is -3.62. The maximum atomic E-state index is 12.9. The van der Waals surface area contributed by atoms with E-state index in [2.05, 4.69) is 15.5 Å². The highest BCUT2D eigenvalue weighted by Crippen LogP contribution is 2.28. The van der Waals surface area contributed by atoms with Crippen molar-refractivity contribution in [2.45, 2.75) is 17.9 Å². The highest BCUT2D eigenvalue weighted by molar-refractivity contribution is 7.89. The van der Waals surface area contributed by atoms with Gasteiger partial charge in [0.05, 0.1) is 16.6 Å². The fourth-order valence-corrected chi connectivity index (χ4v) is 4.42. The molecule has 0 bridgehead atoms. The number of sulfonamides is 1. The lowest BCUT2D eigenvalue weighted by molar-refractivity contribution is 0.403. The fraction of sp³-hybridized carbons (Fsp3) is 0.214. The molecule has 0 saturated carbocycles. The van der Waals surface area contributed by atoms with Gasteiger partial charge in [0.15, 0.2) is 0 Å². The Hall–Kier alpha value is -2.10. The van der Waals surface area contributed by atoms with Crippen LogP contribution in [0.3, 0.4) is 0 Å². The van der Waals surface area contributed by atoms with Gasteiger partial charge in [-0.25, -0.2) is 13.1 Å². The number of aromatic nitrogens is 4. The third-order valence-corrected chi connectivity index (χ3v) is 6.58. The second-order valence-corrected chi connectivity index (χ2v) is 7.94. The van der Waals surface area contributed by atoms with Crippen LogP contribution >= 0.6 is 11.3 Å². The molecule has 0 aliphatic carbocycles. The molecular formula is C14H15N5O2S2. The van der Waals surface area contributed by atoms with Crippen molar-refractivity contribution in [3.8, 4) is 5.69 Å². The minimum Gasteiger partial charge on any atom is -0.207 e. The largest absolute Gasteiger partial charge is 0.243 e. The maximum Gasteiger partial charge on any atom is 0.243 e. The zero-order chi connectivity index (χ0) is 16.4. The lowest BCUT2D eigenvalue weighted by Crippen LogP contribution is -2.29. The van der Waals surface area contributed by atoms with Gasteiger partial charge in [0, 0.05) is 11.9 Å². The molecule has 1 atom stereocenters. The number of benzene rings is 1. The standard InChI is InChI=1S/C14H15N5O2S2/c1-11(14-7-4-8-22-14)18(2)23(20,21)13-6-3-5-12(9-13)19-10-15-16-17-19/h3-11H,1-2H3/t11-/m0/s1. The summed E-state index contributed by atoms with van der Waals surface area (Å²) in [5.74, 6) is 0. The van der Waals surface area contributed by atoms with Gasteiger partial charge in [-0.2, -0.15) is 4.31 Å². The molecule has 120 valence electrons. The van der Waals surface area contributed by atoms with E-state index in [0.29, 0.717) is 5.69 Å². The average molecular weight is 349 g/mol. The number of hydrogen-bond acceptors (Lipinski definition) is 6. The molecule has 23 heavy (non-hydrogen) atoms. The molecule has 1 aromatic carbocycles. The Morgan fingerprint density at radius 3 is 2.74 bits per heavy atom. The fourth-order valence-electron chi connectivity index (χ4n) is 2.15. The molecule has 0 saturated heterocycles. The van der Waals surface area contributed by atoms with E-state index in [1.807, 2.05) is 24.4 Å². The maximum absolute atomic E-state index is 12.9. The van der Waals surface area contributed by atoms with Crippen molar-refractivity contribution in [3.63, 3.8) is 0 Å². The van der Waals surface area contributed by atoms with Crippen LogP contribution in [0.4, 0.5) is 0 Å². The zero-order valence-electron chi connectivity index (χ0n) is 12.6. The SMILES string of the molecule is C[C@@H](c1cccs1)N(C)S(=O)(=O)c1cccc(-n2cnnn2)c1. The summed E-state index contributed by atoms with van der Waals surface area (Å²) in [4.78, 5) is 1.20. The number of thiophene rings is 1. The van der Waals surface area contributed by atoms with Crippen molar-refractivity contribution in [1.29, 1.82) is 0 Å². The summed E-state index contributed by atoms with van der Waals surface area (Å²) >= 11 is 1.54. The summed E-state index contributed by atoms with van der Waals surface area (Å²) in [5, 5.41) is 12.8. The predicted octanol–water partition coefficient (Wildman–Crippen LogP) is 2.11. The van der Waals surface area contributed by atoms with Gasteiger partial charge in [0.2, 0.25) is 10.0 Å². The van der Waals surface area contributed by atoms with Crippen LogP contribution in [0.2, 0.25) is 0 Å². The van der Waals surface area contributed by atoms with Crippen LogP contribution in [0.5, 0.6) is 0 Å². The summed E-state index contributed by atoms with van der Waals surface area (Å²) in [6.45, 7) is 1.87. The number of nitrogens with zero attached hydrogens (tertiary/aromatic N) is 5. The molecule has 7 nitrogen and oxygen atoms in total. The molecule has 3 aromatic rings. The predicted molar refractivity (Wildman–Crippen MR) is 86.8 cm³/mol. The molecule has 2 heterocycles. The van der Waals surface area contributed by atoms with Crippen LogP contribution in [0, 0.1) is 0 Å². The molecule has 2 aromatic heterocycles. The summed E-state index contributed by atoms with van der Waals surface area (Å²) < 4.78 is 28.5. The summed E-state index contributed by atoms with van der Waals surface area (Å²) in [5.41, 5.74) is 0.591. The van der Waals surface area contributed by atoms with Crippen LogP contribution in [0.25, 0.3) is 5.69 Å². The van der Waals surface area contributed by atoms with Gasteiger partial charge in [-0.15, -0.1) is 16.4 Å². The van der Waals surface area contributed by atoms with E-state index < -0.39 is 10.0 Å². The minimum absolute atomic E-state index is 0.205. The van der Waals surface area contributed by atoms with Crippen LogP contribution in [0.1, 0.15) is 17.8 Å². The second kappa shape index (κ2) is 6.19. The molecule has 0 radical (unpaired) electrons. The van der Waals surface area contributed by atoms with Crippen molar-refractivity contribution in [3.05, 3.63) is 53.0 Å². The summed E-state index contributed by atoms with van der Waals surface area (Å²) in [6.07, 6.45) is 1.42.